The van der Waals surface area contributed by atoms with Crippen molar-refractivity contribution in [1.82, 2.24) is 4.90 Å². The van der Waals surface area contributed by atoms with E-state index in [4.69, 9.17) is 4.74 Å². The van der Waals surface area contributed by atoms with Crippen LogP contribution in [0.25, 0.3) is 0 Å². The predicted molar refractivity (Wildman–Crippen MR) is 86.7 cm³/mol. The van der Waals surface area contributed by atoms with E-state index in [1.165, 1.54) is 19.1 Å². The van der Waals surface area contributed by atoms with Crippen molar-refractivity contribution < 1.29 is 19.4 Å². The summed E-state index contributed by atoms with van der Waals surface area (Å²) in [6, 6.07) is 14.9. The second kappa shape index (κ2) is 7.45. The fourth-order valence-corrected chi connectivity index (χ4v) is 2.40. The Morgan fingerprint density at radius 2 is 1.70 bits per heavy atom. The molecule has 0 unspecified atom stereocenters. The molecule has 5 heteroatoms. The van der Waals surface area contributed by atoms with Gasteiger partial charge in [-0.2, -0.15) is 0 Å². The van der Waals surface area contributed by atoms with Crippen molar-refractivity contribution in [3.63, 3.8) is 0 Å². The molecule has 2 aromatic rings. The number of amides is 1. The molecule has 0 radical (unpaired) electrons. The number of benzene rings is 2. The summed E-state index contributed by atoms with van der Waals surface area (Å²) < 4.78 is 5.25. The third kappa shape index (κ3) is 3.88. The largest absolute Gasteiger partial charge is 0.496 e. The number of hydrogen-bond acceptors (Lipinski definition) is 3. The van der Waals surface area contributed by atoms with Crippen LogP contribution in [-0.4, -0.2) is 42.1 Å². The Morgan fingerprint density at radius 3 is 2.30 bits per heavy atom. The third-order valence-corrected chi connectivity index (χ3v) is 3.70. The molecule has 2 aromatic carbocycles. The Bertz CT molecular complexity index is 684. The highest BCUT2D eigenvalue weighted by Crippen LogP contribution is 2.21. The summed E-state index contributed by atoms with van der Waals surface area (Å²) in [5.74, 6) is -0.769. The molecule has 0 fully saturated rings. The van der Waals surface area contributed by atoms with E-state index in [1.807, 2.05) is 12.1 Å². The Hall–Kier alpha value is -2.82. The molecule has 0 saturated carbocycles. The second-order valence-corrected chi connectivity index (χ2v) is 5.15. The van der Waals surface area contributed by atoms with Gasteiger partial charge in [-0.3, -0.25) is 4.79 Å². The van der Waals surface area contributed by atoms with Crippen LogP contribution in [0.5, 0.6) is 5.75 Å². The number of aliphatic carboxylic acids is 1. The zero-order valence-electron chi connectivity index (χ0n) is 13.1. The predicted octanol–water partition coefficient (Wildman–Crippen LogP) is 2.46. The SMILES string of the molecule is COc1ccccc1C[C@H](C(=O)O)N(C)C(=O)c1ccccc1. The summed E-state index contributed by atoms with van der Waals surface area (Å²) in [5.41, 5.74) is 1.20. The first-order valence-corrected chi connectivity index (χ1v) is 7.21. The molecular formula is C18H19NO4. The molecule has 1 N–H and O–H groups in total. The highest BCUT2D eigenvalue weighted by molar-refractivity contribution is 5.96. The van der Waals surface area contributed by atoms with Crippen LogP contribution >= 0.6 is 0 Å². The van der Waals surface area contributed by atoms with E-state index in [9.17, 15) is 14.7 Å². The molecule has 120 valence electrons. The molecular weight excluding hydrogens is 294 g/mol. The quantitative estimate of drug-likeness (QED) is 0.889. The van der Waals surface area contributed by atoms with Gasteiger partial charge < -0.3 is 14.7 Å². The van der Waals surface area contributed by atoms with Crippen molar-refractivity contribution >= 4 is 11.9 Å². The van der Waals surface area contributed by atoms with E-state index in [2.05, 4.69) is 0 Å². The summed E-state index contributed by atoms with van der Waals surface area (Å²) in [6.07, 6.45) is 0.175. The van der Waals surface area contributed by atoms with Crippen molar-refractivity contribution in [3.8, 4) is 5.75 Å². The standard InChI is InChI=1S/C18H19NO4/c1-19(17(20)13-8-4-3-5-9-13)15(18(21)22)12-14-10-6-7-11-16(14)23-2/h3-11,15H,12H2,1-2H3,(H,21,22)/t15-/m1/s1. The van der Waals surface area contributed by atoms with E-state index in [1.54, 1.807) is 42.5 Å². The Kier molecular flexibility index (Phi) is 5.36. The molecule has 0 bridgehead atoms. The van der Waals surface area contributed by atoms with Crippen molar-refractivity contribution in [2.24, 2.45) is 0 Å². The first-order chi connectivity index (χ1) is 11.0. The smallest absolute Gasteiger partial charge is 0.326 e. The minimum absolute atomic E-state index is 0.175. The third-order valence-electron chi connectivity index (χ3n) is 3.70. The molecule has 5 nitrogen and oxygen atoms in total. The summed E-state index contributed by atoms with van der Waals surface area (Å²) >= 11 is 0. The van der Waals surface area contributed by atoms with Crippen LogP contribution in [0.15, 0.2) is 54.6 Å². The number of carbonyl (C=O) groups is 2. The van der Waals surface area contributed by atoms with Gasteiger partial charge in [-0.15, -0.1) is 0 Å². The number of likely N-dealkylation sites (N-methyl/N-ethyl adjacent to an activating group) is 1. The van der Waals surface area contributed by atoms with Crippen molar-refractivity contribution in [2.75, 3.05) is 14.2 Å². The van der Waals surface area contributed by atoms with Gasteiger partial charge in [0.25, 0.3) is 5.91 Å². The van der Waals surface area contributed by atoms with Gasteiger partial charge in [0.1, 0.15) is 11.8 Å². The molecule has 1 amide bonds. The summed E-state index contributed by atoms with van der Waals surface area (Å²) in [7, 11) is 3.04. The number of hydrogen-bond donors (Lipinski definition) is 1. The summed E-state index contributed by atoms with van der Waals surface area (Å²) in [4.78, 5) is 25.4. The topological polar surface area (TPSA) is 66.8 Å². The van der Waals surface area contributed by atoms with Crippen LogP contribution in [0.4, 0.5) is 0 Å². The second-order valence-electron chi connectivity index (χ2n) is 5.15. The normalized spacial score (nSPS) is 11.6. The molecule has 23 heavy (non-hydrogen) atoms. The van der Waals surface area contributed by atoms with Gasteiger partial charge in [0.05, 0.1) is 7.11 Å². The molecule has 0 aromatic heterocycles. The van der Waals surface area contributed by atoms with Gasteiger partial charge in [-0.25, -0.2) is 4.79 Å². The Balaban J connectivity index is 2.24. The first-order valence-electron chi connectivity index (χ1n) is 7.21. The lowest BCUT2D eigenvalue weighted by atomic mass is 10.0. The highest BCUT2D eigenvalue weighted by Gasteiger charge is 2.28. The number of carboxylic acid groups (broad SMARTS) is 1. The average Bonchev–Trinajstić information content (AvgIpc) is 2.59. The maximum Gasteiger partial charge on any atom is 0.326 e. The molecule has 0 aliphatic heterocycles. The lowest BCUT2D eigenvalue weighted by molar-refractivity contribution is -0.141. The number of carbonyl (C=O) groups excluding carboxylic acids is 1. The molecule has 0 saturated heterocycles. The Morgan fingerprint density at radius 1 is 1.09 bits per heavy atom. The lowest BCUT2D eigenvalue weighted by Gasteiger charge is -2.25. The van der Waals surface area contributed by atoms with E-state index >= 15 is 0 Å². The van der Waals surface area contributed by atoms with Gasteiger partial charge in [0.2, 0.25) is 0 Å². The summed E-state index contributed by atoms with van der Waals surface area (Å²) in [6.45, 7) is 0. The molecule has 0 heterocycles. The van der Waals surface area contributed by atoms with Gasteiger partial charge in [0, 0.05) is 19.0 Å². The van der Waals surface area contributed by atoms with E-state index in [0.29, 0.717) is 11.3 Å². The van der Waals surface area contributed by atoms with Crippen LogP contribution in [0, 0.1) is 0 Å². The average molecular weight is 313 g/mol. The van der Waals surface area contributed by atoms with Gasteiger partial charge in [-0.05, 0) is 23.8 Å². The van der Waals surface area contributed by atoms with E-state index in [0.717, 1.165) is 5.56 Å². The fourth-order valence-electron chi connectivity index (χ4n) is 2.40. The van der Waals surface area contributed by atoms with Gasteiger partial charge in [-0.1, -0.05) is 36.4 Å². The van der Waals surface area contributed by atoms with Crippen LogP contribution in [0.1, 0.15) is 15.9 Å². The van der Waals surface area contributed by atoms with Crippen LogP contribution in [0.2, 0.25) is 0 Å². The zero-order valence-corrected chi connectivity index (χ0v) is 13.1. The monoisotopic (exact) mass is 313 g/mol. The molecule has 2 rings (SSSR count). The van der Waals surface area contributed by atoms with Crippen molar-refractivity contribution in [2.45, 2.75) is 12.5 Å². The van der Waals surface area contributed by atoms with Crippen molar-refractivity contribution in [3.05, 3.63) is 65.7 Å². The number of methoxy groups -OCH3 is 1. The number of para-hydroxylation sites is 1. The number of rotatable bonds is 6. The van der Waals surface area contributed by atoms with Crippen LogP contribution < -0.4 is 4.74 Å². The number of nitrogens with zero attached hydrogens (tertiary/aromatic N) is 1. The van der Waals surface area contributed by atoms with E-state index in [-0.39, 0.29) is 12.3 Å². The van der Waals surface area contributed by atoms with Gasteiger partial charge in [0.15, 0.2) is 0 Å². The number of ether oxygens (including phenoxy) is 1. The minimum Gasteiger partial charge on any atom is -0.496 e. The first kappa shape index (κ1) is 16.5. The van der Waals surface area contributed by atoms with E-state index < -0.39 is 12.0 Å². The van der Waals surface area contributed by atoms with Crippen LogP contribution in [-0.2, 0) is 11.2 Å². The fraction of sp³-hybridized carbons (Fsp3) is 0.222. The van der Waals surface area contributed by atoms with Crippen LogP contribution in [0.3, 0.4) is 0 Å². The highest BCUT2D eigenvalue weighted by atomic mass is 16.5. The maximum atomic E-state index is 12.5. The Labute approximate surface area is 135 Å². The molecule has 0 aliphatic carbocycles. The summed E-state index contributed by atoms with van der Waals surface area (Å²) in [5, 5.41) is 9.53. The molecule has 1 atom stereocenters. The zero-order chi connectivity index (χ0) is 16.8. The molecule has 0 aliphatic rings. The molecule has 0 spiro atoms. The number of carboxylic acids is 1. The lowest BCUT2D eigenvalue weighted by Crippen LogP contribution is -2.43. The van der Waals surface area contributed by atoms with Crippen molar-refractivity contribution in [1.29, 1.82) is 0 Å². The van der Waals surface area contributed by atoms with Gasteiger partial charge >= 0.3 is 5.97 Å². The maximum absolute atomic E-state index is 12.5. The minimum atomic E-state index is -1.05.